The molecule has 0 aliphatic carbocycles. The van der Waals surface area contributed by atoms with E-state index in [2.05, 4.69) is 0 Å². The number of carboxylic acids is 1. The zero-order chi connectivity index (χ0) is 13.5. The van der Waals surface area contributed by atoms with E-state index >= 15 is 0 Å². The molecule has 0 unspecified atom stereocenters. The van der Waals surface area contributed by atoms with Crippen LogP contribution in [0.5, 0.6) is 0 Å². The summed E-state index contributed by atoms with van der Waals surface area (Å²) < 4.78 is 5.26. The Morgan fingerprint density at radius 1 is 1.28 bits per heavy atom. The highest BCUT2D eigenvalue weighted by Crippen LogP contribution is 2.14. The smallest absolute Gasteiger partial charge is 0.319 e. The summed E-state index contributed by atoms with van der Waals surface area (Å²) in [6.07, 6.45) is 2.31. The molecule has 104 valence electrons. The molecule has 1 rings (SSSR count). The molecule has 0 aromatic carbocycles. The van der Waals surface area contributed by atoms with E-state index in [4.69, 9.17) is 9.84 Å². The predicted octanol–water partition coefficient (Wildman–Crippen LogP) is 1.01. The molecule has 6 heteroatoms. The third-order valence-electron chi connectivity index (χ3n) is 3.25. The number of nitrogens with zero attached hydrogens (tertiary/aromatic N) is 2. The Kier molecular flexibility index (Phi) is 5.91. The number of amides is 2. The summed E-state index contributed by atoms with van der Waals surface area (Å²) in [4.78, 5) is 25.8. The fourth-order valence-corrected chi connectivity index (χ4v) is 2.06. The standard InChI is InChI=1S/C12H22N2O4/c1-13(7-3-4-11(15)16)12(17)14(2)10-5-8-18-9-6-10/h10H,3-9H2,1-2H3,(H,15,16). The first-order valence-corrected chi connectivity index (χ1v) is 6.30. The lowest BCUT2D eigenvalue weighted by atomic mass is 10.1. The molecule has 18 heavy (non-hydrogen) atoms. The van der Waals surface area contributed by atoms with Gasteiger partial charge in [0.2, 0.25) is 0 Å². The third-order valence-corrected chi connectivity index (χ3v) is 3.25. The zero-order valence-corrected chi connectivity index (χ0v) is 11.1. The molecule has 6 nitrogen and oxygen atoms in total. The topological polar surface area (TPSA) is 70.1 Å². The molecule has 1 aliphatic rings. The quantitative estimate of drug-likeness (QED) is 0.799. The molecular weight excluding hydrogens is 236 g/mol. The number of carboxylic acid groups (broad SMARTS) is 1. The van der Waals surface area contributed by atoms with Gasteiger partial charge in [-0.1, -0.05) is 0 Å². The number of carbonyl (C=O) groups excluding carboxylic acids is 1. The summed E-state index contributed by atoms with van der Waals surface area (Å²) in [5.41, 5.74) is 0. The van der Waals surface area contributed by atoms with Crippen molar-refractivity contribution in [1.82, 2.24) is 9.80 Å². The van der Waals surface area contributed by atoms with Crippen molar-refractivity contribution in [3.63, 3.8) is 0 Å². The number of carbonyl (C=O) groups is 2. The minimum Gasteiger partial charge on any atom is -0.481 e. The molecule has 2 amide bonds. The number of ether oxygens (including phenoxy) is 1. The van der Waals surface area contributed by atoms with Gasteiger partial charge in [-0.3, -0.25) is 4.79 Å². The van der Waals surface area contributed by atoms with Crippen molar-refractivity contribution in [2.24, 2.45) is 0 Å². The van der Waals surface area contributed by atoms with E-state index in [0.717, 1.165) is 12.8 Å². The maximum Gasteiger partial charge on any atom is 0.319 e. The third kappa shape index (κ3) is 4.52. The van der Waals surface area contributed by atoms with Crippen molar-refractivity contribution in [2.75, 3.05) is 33.9 Å². The van der Waals surface area contributed by atoms with E-state index < -0.39 is 5.97 Å². The number of hydrogen-bond donors (Lipinski definition) is 1. The normalized spacial score (nSPS) is 16.3. The largest absolute Gasteiger partial charge is 0.481 e. The molecule has 0 bridgehead atoms. The van der Waals surface area contributed by atoms with E-state index in [-0.39, 0.29) is 18.5 Å². The maximum atomic E-state index is 12.1. The van der Waals surface area contributed by atoms with E-state index in [1.807, 2.05) is 0 Å². The van der Waals surface area contributed by atoms with Crippen LogP contribution >= 0.6 is 0 Å². The second-order valence-electron chi connectivity index (χ2n) is 4.66. The van der Waals surface area contributed by atoms with Gasteiger partial charge in [0.25, 0.3) is 0 Å². The van der Waals surface area contributed by atoms with Crippen LogP contribution in [0.2, 0.25) is 0 Å². The van der Waals surface area contributed by atoms with Gasteiger partial charge < -0.3 is 19.6 Å². The van der Waals surface area contributed by atoms with E-state index in [0.29, 0.717) is 26.2 Å². The first-order chi connectivity index (χ1) is 8.52. The van der Waals surface area contributed by atoms with Crippen LogP contribution in [0.4, 0.5) is 4.79 Å². The number of aliphatic carboxylic acids is 1. The van der Waals surface area contributed by atoms with E-state index in [1.165, 1.54) is 0 Å². The summed E-state index contributed by atoms with van der Waals surface area (Å²) in [7, 11) is 3.51. The number of rotatable bonds is 5. The average Bonchev–Trinajstić information content (AvgIpc) is 2.37. The minimum absolute atomic E-state index is 0.0488. The van der Waals surface area contributed by atoms with Crippen molar-refractivity contribution in [2.45, 2.75) is 31.7 Å². The van der Waals surface area contributed by atoms with Crippen molar-refractivity contribution in [3.05, 3.63) is 0 Å². The number of urea groups is 1. The molecular formula is C12H22N2O4. The lowest BCUT2D eigenvalue weighted by Gasteiger charge is -2.34. The second kappa shape index (κ2) is 7.20. The fourth-order valence-electron chi connectivity index (χ4n) is 2.06. The van der Waals surface area contributed by atoms with Crippen LogP contribution < -0.4 is 0 Å². The molecule has 0 saturated carbocycles. The first kappa shape index (κ1) is 14.8. The Hall–Kier alpha value is -1.30. The lowest BCUT2D eigenvalue weighted by molar-refractivity contribution is -0.137. The Bertz CT molecular complexity index is 290. The van der Waals surface area contributed by atoms with Gasteiger partial charge in [-0.25, -0.2) is 4.79 Å². The van der Waals surface area contributed by atoms with Crippen molar-refractivity contribution >= 4 is 12.0 Å². The van der Waals surface area contributed by atoms with Gasteiger partial charge in [-0.15, -0.1) is 0 Å². The van der Waals surface area contributed by atoms with Gasteiger partial charge >= 0.3 is 12.0 Å². The molecule has 1 fully saturated rings. The minimum atomic E-state index is -0.825. The SMILES string of the molecule is CN(CCCC(=O)O)C(=O)N(C)C1CCOCC1. The van der Waals surface area contributed by atoms with Gasteiger partial charge in [0, 0.05) is 46.3 Å². The maximum absolute atomic E-state index is 12.1. The summed E-state index contributed by atoms with van der Waals surface area (Å²) in [5, 5.41) is 8.55. The van der Waals surface area contributed by atoms with Gasteiger partial charge in [0.15, 0.2) is 0 Å². The highest BCUT2D eigenvalue weighted by atomic mass is 16.5. The summed E-state index contributed by atoms with van der Waals surface area (Å²) >= 11 is 0. The Morgan fingerprint density at radius 3 is 2.44 bits per heavy atom. The van der Waals surface area contributed by atoms with Crippen LogP contribution in [0.15, 0.2) is 0 Å². The van der Waals surface area contributed by atoms with Crippen LogP contribution in [0.3, 0.4) is 0 Å². The summed E-state index contributed by atoms with van der Waals surface area (Å²) in [6.45, 7) is 1.87. The van der Waals surface area contributed by atoms with E-state index in [1.54, 1.807) is 23.9 Å². The van der Waals surface area contributed by atoms with Gasteiger partial charge in [-0.05, 0) is 19.3 Å². The fraction of sp³-hybridized carbons (Fsp3) is 0.833. The summed E-state index contributed by atoms with van der Waals surface area (Å²) in [6, 6.07) is 0.181. The molecule has 1 aliphatic heterocycles. The van der Waals surface area contributed by atoms with Crippen molar-refractivity contribution < 1.29 is 19.4 Å². The highest BCUT2D eigenvalue weighted by molar-refractivity contribution is 5.74. The van der Waals surface area contributed by atoms with Crippen LogP contribution in [-0.4, -0.2) is 66.8 Å². The Morgan fingerprint density at radius 2 is 1.89 bits per heavy atom. The van der Waals surface area contributed by atoms with Gasteiger partial charge in [0.1, 0.15) is 0 Å². The Labute approximate surface area is 107 Å². The van der Waals surface area contributed by atoms with Crippen LogP contribution in [-0.2, 0) is 9.53 Å². The molecule has 0 aromatic heterocycles. The highest BCUT2D eigenvalue weighted by Gasteiger charge is 2.24. The van der Waals surface area contributed by atoms with Gasteiger partial charge in [-0.2, -0.15) is 0 Å². The van der Waals surface area contributed by atoms with Crippen molar-refractivity contribution in [3.8, 4) is 0 Å². The van der Waals surface area contributed by atoms with Crippen LogP contribution in [0, 0.1) is 0 Å². The Balaban J connectivity index is 2.34. The monoisotopic (exact) mass is 258 g/mol. The molecule has 1 saturated heterocycles. The number of hydrogen-bond acceptors (Lipinski definition) is 3. The lowest BCUT2D eigenvalue weighted by Crippen LogP contribution is -2.46. The first-order valence-electron chi connectivity index (χ1n) is 6.30. The predicted molar refractivity (Wildman–Crippen MR) is 66.5 cm³/mol. The summed E-state index contributed by atoms with van der Waals surface area (Å²) in [5.74, 6) is -0.825. The van der Waals surface area contributed by atoms with Crippen molar-refractivity contribution in [1.29, 1.82) is 0 Å². The van der Waals surface area contributed by atoms with Crippen LogP contribution in [0.25, 0.3) is 0 Å². The molecule has 1 heterocycles. The molecule has 0 radical (unpaired) electrons. The average molecular weight is 258 g/mol. The molecule has 1 N–H and O–H groups in total. The zero-order valence-electron chi connectivity index (χ0n) is 11.1. The van der Waals surface area contributed by atoms with Crippen LogP contribution in [0.1, 0.15) is 25.7 Å². The molecule has 0 aromatic rings. The molecule has 0 spiro atoms. The molecule has 0 atom stereocenters. The van der Waals surface area contributed by atoms with E-state index in [9.17, 15) is 9.59 Å². The van der Waals surface area contributed by atoms with Gasteiger partial charge in [0.05, 0.1) is 0 Å². The second-order valence-corrected chi connectivity index (χ2v) is 4.66.